The summed E-state index contributed by atoms with van der Waals surface area (Å²) in [7, 11) is 1.53. The lowest BCUT2D eigenvalue weighted by atomic mass is 9.86. The monoisotopic (exact) mass is 238 g/mol. The standard InChI is InChI=1S/C13H18O4/c1-8(2)11(13(15)16)12(14)9-5-4-6-10(7-9)17-3/h4-8,11-12,14H,1-3H3,(H,15,16). The number of aliphatic hydroxyl groups is 1. The van der Waals surface area contributed by atoms with Crippen LogP contribution in [0.25, 0.3) is 0 Å². The molecule has 0 radical (unpaired) electrons. The summed E-state index contributed by atoms with van der Waals surface area (Å²) in [5, 5.41) is 19.2. The van der Waals surface area contributed by atoms with Gasteiger partial charge in [-0.2, -0.15) is 0 Å². The van der Waals surface area contributed by atoms with Gasteiger partial charge in [-0.15, -0.1) is 0 Å². The summed E-state index contributed by atoms with van der Waals surface area (Å²) in [5.41, 5.74) is 0.561. The molecule has 0 saturated heterocycles. The molecule has 0 aliphatic heterocycles. The molecule has 1 aromatic rings. The SMILES string of the molecule is COc1cccc(C(O)C(C(=O)O)C(C)C)c1. The van der Waals surface area contributed by atoms with Crippen LogP contribution >= 0.6 is 0 Å². The molecule has 2 unspecified atom stereocenters. The average Bonchev–Trinajstić information content (AvgIpc) is 2.28. The number of carboxylic acid groups (broad SMARTS) is 1. The van der Waals surface area contributed by atoms with Crippen molar-refractivity contribution in [2.75, 3.05) is 7.11 Å². The first-order valence-corrected chi connectivity index (χ1v) is 5.52. The van der Waals surface area contributed by atoms with E-state index in [1.54, 1.807) is 38.1 Å². The molecule has 0 spiro atoms. The van der Waals surface area contributed by atoms with Crippen molar-refractivity contribution in [1.82, 2.24) is 0 Å². The van der Waals surface area contributed by atoms with Gasteiger partial charge in [-0.1, -0.05) is 26.0 Å². The molecule has 4 heteroatoms. The van der Waals surface area contributed by atoms with Crippen LogP contribution in [-0.2, 0) is 4.79 Å². The van der Waals surface area contributed by atoms with Crippen molar-refractivity contribution in [3.63, 3.8) is 0 Å². The van der Waals surface area contributed by atoms with Crippen LogP contribution in [0.3, 0.4) is 0 Å². The Hall–Kier alpha value is -1.55. The molecule has 0 aliphatic carbocycles. The number of carboxylic acids is 1. The van der Waals surface area contributed by atoms with Crippen LogP contribution in [-0.4, -0.2) is 23.3 Å². The van der Waals surface area contributed by atoms with Crippen LogP contribution < -0.4 is 4.74 Å². The zero-order chi connectivity index (χ0) is 13.0. The summed E-state index contributed by atoms with van der Waals surface area (Å²) in [6, 6.07) is 6.84. The van der Waals surface area contributed by atoms with E-state index >= 15 is 0 Å². The van der Waals surface area contributed by atoms with E-state index in [1.807, 2.05) is 0 Å². The Morgan fingerprint density at radius 3 is 2.47 bits per heavy atom. The van der Waals surface area contributed by atoms with Gasteiger partial charge in [0.05, 0.1) is 19.1 Å². The Morgan fingerprint density at radius 1 is 1.35 bits per heavy atom. The number of benzene rings is 1. The summed E-state index contributed by atoms with van der Waals surface area (Å²) >= 11 is 0. The number of methoxy groups -OCH3 is 1. The zero-order valence-electron chi connectivity index (χ0n) is 10.3. The lowest BCUT2D eigenvalue weighted by Crippen LogP contribution is -2.26. The van der Waals surface area contributed by atoms with Crippen molar-refractivity contribution in [1.29, 1.82) is 0 Å². The number of rotatable bonds is 5. The highest BCUT2D eigenvalue weighted by Gasteiger charge is 2.30. The largest absolute Gasteiger partial charge is 0.497 e. The number of aliphatic carboxylic acids is 1. The fourth-order valence-electron chi connectivity index (χ4n) is 1.82. The second-order valence-corrected chi connectivity index (χ2v) is 4.33. The molecule has 0 heterocycles. The summed E-state index contributed by atoms with van der Waals surface area (Å²) in [4.78, 5) is 11.1. The molecule has 0 aliphatic rings. The minimum absolute atomic E-state index is 0.145. The summed E-state index contributed by atoms with van der Waals surface area (Å²) in [5.74, 6) is -1.35. The molecule has 2 N–H and O–H groups in total. The maximum absolute atomic E-state index is 11.1. The van der Waals surface area contributed by atoms with Crippen LogP contribution in [0.5, 0.6) is 5.75 Å². The number of aliphatic hydroxyl groups excluding tert-OH is 1. The molecule has 0 aromatic heterocycles. The highest BCUT2D eigenvalue weighted by atomic mass is 16.5. The van der Waals surface area contributed by atoms with Crippen molar-refractivity contribution >= 4 is 5.97 Å². The van der Waals surface area contributed by atoms with Crippen LogP contribution in [0.2, 0.25) is 0 Å². The predicted octanol–water partition coefficient (Wildman–Crippen LogP) is 2.09. The van der Waals surface area contributed by atoms with E-state index in [4.69, 9.17) is 9.84 Å². The third-order valence-electron chi connectivity index (χ3n) is 2.78. The minimum atomic E-state index is -1.03. The third-order valence-corrected chi connectivity index (χ3v) is 2.78. The molecule has 0 bridgehead atoms. The average molecular weight is 238 g/mol. The Balaban J connectivity index is 3.00. The van der Waals surface area contributed by atoms with E-state index in [2.05, 4.69) is 0 Å². The summed E-state index contributed by atoms with van der Waals surface area (Å²) < 4.78 is 5.05. The fourth-order valence-corrected chi connectivity index (χ4v) is 1.82. The second kappa shape index (κ2) is 5.68. The van der Waals surface area contributed by atoms with Gasteiger partial charge in [0.1, 0.15) is 5.75 Å². The van der Waals surface area contributed by atoms with Gasteiger partial charge in [0.25, 0.3) is 0 Å². The second-order valence-electron chi connectivity index (χ2n) is 4.33. The van der Waals surface area contributed by atoms with Gasteiger partial charge < -0.3 is 14.9 Å². The Bertz CT molecular complexity index is 387. The Morgan fingerprint density at radius 2 is 2.00 bits per heavy atom. The van der Waals surface area contributed by atoms with Crippen LogP contribution in [0.4, 0.5) is 0 Å². The molecule has 94 valence electrons. The smallest absolute Gasteiger partial charge is 0.309 e. The Kier molecular flexibility index (Phi) is 4.52. The number of carbonyl (C=O) groups is 1. The van der Waals surface area contributed by atoms with E-state index < -0.39 is 18.0 Å². The zero-order valence-corrected chi connectivity index (χ0v) is 10.3. The molecule has 17 heavy (non-hydrogen) atoms. The van der Waals surface area contributed by atoms with Crippen molar-refractivity contribution < 1.29 is 19.7 Å². The van der Waals surface area contributed by atoms with E-state index in [0.29, 0.717) is 11.3 Å². The van der Waals surface area contributed by atoms with Crippen molar-refractivity contribution in [3.8, 4) is 5.75 Å². The lowest BCUT2D eigenvalue weighted by molar-refractivity contribution is -0.148. The normalized spacial score (nSPS) is 14.4. The van der Waals surface area contributed by atoms with Crippen LogP contribution in [0.15, 0.2) is 24.3 Å². The maximum Gasteiger partial charge on any atom is 0.309 e. The van der Waals surface area contributed by atoms with Crippen LogP contribution in [0, 0.1) is 11.8 Å². The number of hydrogen-bond acceptors (Lipinski definition) is 3. The van der Waals surface area contributed by atoms with Gasteiger partial charge in [-0.25, -0.2) is 0 Å². The van der Waals surface area contributed by atoms with Crippen molar-refractivity contribution in [2.45, 2.75) is 20.0 Å². The van der Waals surface area contributed by atoms with Crippen LogP contribution in [0.1, 0.15) is 25.5 Å². The lowest BCUT2D eigenvalue weighted by Gasteiger charge is -2.22. The van der Waals surface area contributed by atoms with Crippen molar-refractivity contribution in [3.05, 3.63) is 29.8 Å². The first kappa shape index (κ1) is 13.5. The van der Waals surface area contributed by atoms with Gasteiger partial charge in [0.2, 0.25) is 0 Å². The molecule has 2 atom stereocenters. The van der Waals surface area contributed by atoms with Crippen molar-refractivity contribution in [2.24, 2.45) is 11.8 Å². The Labute approximate surface area is 101 Å². The fraction of sp³-hybridized carbons (Fsp3) is 0.462. The topological polar surface area (TPSA) is 66.8 Å². The van der Waals surface area contributed by atoms with E-state index in [-0.39, 0.29) is 5.92 Å². The van der Waals surface area contributed by atoms with Gasteiger partial charge in [0, 0.05) is 0 Å². The quantitative estimate of drug-likeness (QED) is 0.824. The first-order chi connectivity index (χ1) is 7.97. The molecule has 0 saturated carbocycles. The summed E-state index contributed by atoms with van der Waals surface area (Å²) in [6.07, 6.45) is -1.03. The summed E-state index contributed by atoms with van der Waals surface area (Å²) in [6.45, 7) is 3.56. The maximum atomic E-state index is 11.1. The highest BCUT2D eigenvalue weighted by molar-refractivity contribution is 5.71. The minimum Gasteiger partial charge on any atom is -0.497 e. The molecule has 1 aromatic carbocycles. The van der Waals surface area contributed by atoms with Gasteiger partial charge in [0.15, 0.2) is 0 Å². The molecular weight excluding hydrogens is 220 g/mol. The van der Waals surface area contributed by atoms with Gasteiger partial charge in [-0.3, -0.25) is 4.79 Å². The molecule has 0 fully saturated rings. The molecule has 4 nitrogen and oxygen atoms in total. The molecule has 1 rings (SSSR count). The van der Waals surface area contributed by atoms with Gasteiger partial charge >= 0.3 is 5.97 Å². The first-order valence-electron chi connectivity index (χ1n) is 5.52. The highest BCUT2D eigenvalue weighted by Crippen LogP contribution is 2.30. The van der Waals surface area contributed by atoms with E-state index in [1.165, 1.54) is 7.11 Å². The van der Waals surface area contributed by atoms with E-state index in [9.17, 15) is 9.90 Å². The third kappa shape index (κ3) is 3.20. The van der Waals surface area contributed by atoms with E-state index in [0.717, 1.165) is 0 Å². The number of hydrogen-bond donors (Lipinski definition) is 2. The molecular formula is C13H18O4. The van der Waals surface area contributed by atoms with Gasteiger partial charge in [-0.05, 0) is 23.6 Å². The predicted molar refractivity (Wildman–Crippen MR) is 63.9 cm³/mol. The molecule has 0 amide bonds. The number of ether oxygens (including phenoxy) is 1.